The van der Waals surface area contributed by atoms with Gasteiger partial charge in [-0.3, -0.25) is 4.79 Å². The van der Waals surface area contributed by atoms with Gasteiger partial charge >= 0.3 is 0 Å². The fraction of sp³-hybridized carbons (Fsp3) is 0.385. The Bertz CT molecular complexity index is 463. The largest absolute Gasteiger partial charge is 0.367 e. The van der Waals surface area contributed by atoms with Crippen LogP contribution in [0.3, 0.4) is 0 Å². The van der Waals surface area contributed by atoms with Crippen LogP contribution in [-0.2, 0) is 0 Å². The lowest BCUT2D eigenvalue weighted by atomic mass is 10.1. The van der Waals surface area contributed by atoms with Crippen LogP contribution in [0.5, 0.6) is 0 Å². The minimum atomic E-state index is 0.491. The van der Waals surface area contributed by atoms with Crippen molar-refractivity contribution in [3.05, 3.63) is 28.2 Å². The number of carbonyl (C=O) groups excluding carboxylic acids is 1. The highest BCUT2D eigenvalue weighted by molar-refractivity contribution is 9.10. The van der Waals surface area contributed by atoms with E-state index in [0.29, 0.717) is 24.6 Å². The molecule has 0 saturated heterocycles. The number of nitrogens with zero attached hydrogens (tertiary/aromatic N) is 2. The molecule has 1 aromatic rings. The van der Waals surface area contributed by atoms with Gasteiger partial charge in [-0.1, -0.05) is 15.9 Å². The van der Waals surface area contributed by atoms with Crippen molar-refractivity contribution < 1.29 is 4.79 Å². The lowest BCUT2D eigenvalue weighted by Gasteiger charge is -2.25. The molecule has 0 N–H and O–H groups in total. The summed E-state index contributed by atoms with van der Waals surface area (Å²) in [5, 5.41) is 8.68. The first kappa shape index (κ1) is 12.1. The summed E-state index contributed by atoms with van der Waals surface area (Å²) in [5.74, 6) is 0. The first-order chi connectivity index (χ1) is 8.26. The van der Waals surface area contributed by atoms with Gasteiger partial charge in [0.25, 0.3) is 0 Å². The predicted octanol–water partition coefficient (Wildman–Crippen LogP) is 3.14. The summed E-state index contributed by atoms with van der Waals surface area (Å²) >= 11 is 3.36. The van der Waals surface area contributed by atoms with Gasteiger partial charge < -0.3 is 4.90 Å². The van der Waals surface area contributed by atoms with Gasteiger partial charge in [-0.05, 0) is 31.0 Å². The molecule has 0 radical (unpaired) electrons. The summed E-state index contributed by atoms with van der Waals surface area (Å²) in [6.45, 7) is 0.698. The molecule has 1 aromatic carbocycles. The maximum atomic E-state index is 11.1. The standard InChI is InChI=1S/C13H13BrN2O/c14-11-2-5-13(10(8-11)9-17)16(7-1-6-15)12-3-4-12/h2,5,8-9,12H,1,3-4,7H2. The lowest BCUT2D eigenvalue weighted by Crippen LogP contribution is -2.27. The van der Waals surface area contributed by atoms with E-state index in [2.05, 4.69) is 26.9 Å². The Labute approximate surface area is 109 Å². The van der Waals surface area contributed by atoms with Crippen LogP contribution >= 0.6 is 15.9 Å². The molecule has 1 aliphatic rings. The molecular weight excluding hydrogens is 280 g/mol. The Morgan fingerprint density at radius 2 is 2.29 bits per heavy atom. The minimum absolute atomic E-state index is 0.491. The maximum absolute atomic E-state index is 11.1. The molecule has 2 rings (SSSR count). The zero-order valence-electron chi connectivity index (χ0n) is 9.40. The van der Waals surface area contributed by atoms with Crippen LogP contribution in [0.15, 0.2) is 22.7 Å². The van der Waals surface area contributed by atoms with E-state index in [-0.39, 0.29) is 0 Å². The number of anilines is 1. The van der Waals surface area contributed by atoms with E-state index < -0.39 is 0 Å². The summed E-state index contributed by atoms with van der Waals surface area (Å²) in [6, 6.07) is 8.37. The molecule has 1 fully saturated rings. The number of carbonyl (C=O) groups is 1. The fourth-order valence-corrected chi connectivity index (χ4v) is 2.32. The van der Waals surface area contributed by atoms with Crippen LogP contribution in [0.25, 0.3) is 0 Å². The van der Waals surface area contributed by atoms with Crippen LogP contribution in [0.1, 0.15) is 29.6 Å². The molecule has 0 aromatic heterocycles. The third-order valence-corrected chi connectivity index (χ3v) is 3.37. The molecular formula is C13H13BrN2O. The van der Waals surface area contributed by atoms with Gasteiger partial charge in [-0.15, -0.1) is 0 Å². The number of aldehydes is 1. The third-order valence-electron chi connectivity index (χ3n) is 2.88. The summed E-state index contributed by atoms with van der Waals surface area (Å²) in [6.07, 6.45) is 3.67. The number of rotatable bonds is 5. The van der Waals surface area contributed by atoms with Crippen LogP contribution in [-0.4, -0.2) is 18.9 Å². The zero-order valence-corrected chi connectivity index (χ0v) is 11.0. The summed E-state index contributed by atoms with van der Waals surface area (Å²) in [7, 11) is 0. The van der Waals surface area contributed by atoms with Crippen molar-refractivity contribution in [2.75, 3.05) is 11.4 Å². The fourth-order valence-electron chi connectivity index (χ4n) is 1.94. The van der Waals surface area contributed by atoms with Crippen molar-refractivity contribution in [1.82, 2.24) is 0 Å². The van der Waals surface area contributed by atoms with Crippen molar-refractivity contribution >= 4 is 27.9 Å². The van der Waals surface area contributed by atoms with E-state index in [9.17, 15) is 4.79 Å². The van der Waals surface area contributed by atoms with Gasteiger partial charge in [0.2, 0.25) is 0 Å². The van der Waals surface area contributed by atoms with Gasteiger partial charge in [0, 0.05) is 28.3 Å². The zero-order chi connectivity index (χ0) is 12.3. The van der Waals surface area contributed by atoms with Gasteiger partial charge in [0.1, 0.15) is 0 Å². The van der Waals surface area contributed by atoms with Gasteiger partial charge in [0.15, 0.2) is 6.29 Å². The molecule has 0 bridgehead atoms. The Balaban J connectivity index is 2.28. The maximum Gasteiger partial charge on any atom is 0.152 e. The molecule has 0 heterocycles. The monoisotopic (exact) mass is 292 g/mol. The lowest BCUT2D eigenvalue weighted by molar-refractivity contribution is 0.112. The predicted molar refractivity (Wildman–Crippen MR) is 70.1 cm³/mol. The minimum Gasteiger partial charge on any atom is -0.367 e. The molecule has 17 heavy (non-hydrogen) atoms. The second-order valence-corrected chi connectivity index (χ2v) is 5.07. The van der Waals surface area contributed by atoms with Crippen LogP contribution in [0, 0.1) is 11.3 Å². The molecule has 0 aliphatic heterocycles. The van der Waals surface area contributed by atoms with Crippen LogP contribution < -0.4 is 4.90 Å². The summed E-state index contributed by atoms with van der Waals surface area (Å²) in [5.41, 5.74) is 1.63. The van der Waals surface area contributed by atoms with E-state index in [1.807, 2.05) is 18.2 Å². The first-order valence-corrected chi connectivity index (χ1v) is 6.44. The average Bonchev–Trinajstić information content (AvgIpc) is 3.15. The van der Waals surface area contributed by atoms with E-state index in [4.69, 9.17) is 5.26 Å². The number of nitriles is 1. The number of hydrogen-bond donors (Lipinski definition) is 0. The van der Waals surface area contributed by atoms with Crippen molar-refractivity contribution in [3.63, 3.8) is 0 Å². The topological polar surface area (TPSA) is 44.1 Å². The summed E-state index contributed by atoms with van der Waals surface area (Å²) < 4.78 is 0.902. The SMILES string of the molecule is N#CCCN(c1ccc(Br)cc1C=O)C1CC1. The van der Waals surface area contributed by atoms with Gasteiger partial charge in [-0.25, -0.2) is 0 Å². The highest BCUT2D eigenvalue weighted by Crippen LogP contribution is 2.34. The molecule has 0 atom stereocenters. The van der Waals surface area contributed by atoms with Crippen LogP contribution in [0.4, 0.5) is 5.69 Å². The van der Waals surface area contributed by atoms with Crippen molar-refractivity contribution in [3.8, 4) is 6.07 Å². The molecule has 1 saturated carbocycles. The number of benzene rings is 1. The number of halogens is 1. The van der Waals surface area contributed by atoms with Crippen LogP contribution in [0.2, 0.25) is 0 Å². The number of hydrogen-bond acceptors (Lipinski definition) is 3. The first-order valence-electron chi connectivity index (χ1n) is 5.64. The van der Waals surface area contributed by atoms with Crippen molar-refractivity contribution in [1.29, 1.82) is 5.26 Å². The quantitative estimate of drug-likeness (QED) is 0.783. The van der Waals surface area contributed by atoms with Crippen molar-refractivity contribution in [2.24, 2.45) is 0 Å². The van der Waals surface area contributed by atoms with Crippen molar-refractivity contribution in [2.45, 2.75) is 25.3 Å². The van der Waals surface area contributed by atoms with E-state index >= 15 is 0 Å². The normalized spacial score (nSPS) is 14.1. The Kier molecular flexibility index (Phi) is 3.80. The molecule has 88 valence electrons. The van der Waals surface area contributed by atoms with E-state index in [0.717, 1.165) is 29.3 Å². The smallest absolute Gasteiger partial charge is 0.152 e. The molecule has 0 amide bonds. The van der Waals surface area contributed by atoms with Gasteiger partial charge in [0.05, 0.1) is 12.5 Å². The summed E-state index contributed by atoms with van der Waals surface area (Å²) in [4.78, 5) is 13.3. The Morgan fingerprint density at radius 3 is 2.88 bits per heavy atom. The second kappa shape index (κ2) is 5.33. The van der Waals surface area contributed by atoms with E-state index in [1.165, 1.54) is 0 Å². The highest BCUT2D eigenvalue weighted by atomic mass is 79.9. The second-order valence-electron chi connectivity index (χ2n) is 4.15. The highest BCUT2D eigenvalue weighted by Gasteiger charge is 2.30. The van der Waals surface area contributed by atoms with E-state index in [1.54, 1.807) is 0 Å². The molecule has 4 heteroatoms. The molecule has 0 spiro atoms. The Hall–Kier alpha value is -1.34. The molecule has 0 unspecified atom stereocenters. The third kappa shape index (κ3) is 2.86. The molecule has 3 nitrogen and oxygen atoms in total. The Morgan fingerprint density at radius 1 is 1.53 bits per heavy atom. The molecule has 1 aliphatic carbocycles. The average molecular weight is 293 g/mol. The van der Waals surface area contributed by atoms with Gasteiger partial charge in [-0.2, -0.15) is 5.26 Å².